The number of ether oxygens (including phenoxy) is 2. The molecule has 1 rings (SSSR count). The van der Waals surface area contributed by atoms with Crippen molar-refractivity contribution in [2.45, 2.75) is 30.8 Å². The lowest BCUT2D eigenvalue weighted by Crippen LogP contribution is -2.17. The lowest BCUT2D eigenvalue weighted by atomic mass is 10.2. The summed E-state index contributed by atoms with van der Waals surface area (Å²) in [4.78, 5) is 22.3. The lowest BCUT2D eigenvalue weighted by molar-refractivity contribution is -0.143. The molecule has 0 unspecified atom stereocenters. The van der Waals surface area contributed by atoms with Crippen LogP contribution in [0.4, 0.5) is 0 Å². The van der Waals surface area contributed by atoms with Gasteiger partial charge in [-0.15, -0.1) is 0 Å². The first-order valence-corrected chi connectivity index (χ1v) is 7.72. The Kier molecular flexibility index (Phi) is 7.68. The molecule has 0 aliphatic heterocycles. The first-order chi connectivity index (χ1) is 10.0. The number of hydrogen-bond acceptors (Lipinski definition) is 5. The summed E-state index contributed by atoms with van der Waals surface area (Å²) in [5.74, 6) is 0.149. The molecule has 0 radical (unpaired) electrons. The smallest absolute Gasteiger partial charge is 0.306 e. The van der Waals surface area contributed by atoms with Crippen LogP contribution >= 0.6 is 11.8 Å². The number of benzene rings is 1. The third-order valence-corrected chi connectivity index (χ3v) is 4.05. The Morgan fingerprint density at radius 1 is 1.24 bits per heavy atom. The van der Waals surface area contributed by atoms with Crippen molar-refractivity contribution in [3.8, 4) is 5.75 Å². The van der Waals surface area contributed by atoms with Crippen molar-refractivity contribution in [2.24, 2.45) is 0 Å². The van der Waals surface area contributed by atoms with E-state index in [0.29, 0.717) is 12.4 Å². The molecular formula is C15H20O5S. The zero-order valence-corrected chi connectivity index (χ0v) is 13.0. The molecule has 0 saturated carbocycles. The number of carbonyl (C=O) groups is 2. The van der Waals surface area contributed by atoms with Gasteiger partial charge in [0.15, 0.2) is 0 Å². The quantitative estimate of drug-likeness (QED) is 0.707. The molecule has 0 saturated heterocycles. The molecule has 21 heavy (non-hydrogen) atoms. The highest BCUT2D eigenvalue weighted by molar-refractivity contribution is 7.99. The highest BCUT2D eigenvalue weighted by atomic mass is 32.2. The molecule has 6 heteroatoms. The molecule has 116 valence electrons. The number of thioether (sulfide) groups is 1. The molecule has 0 heterocycles. The van der Waals surface area contributed by atoms with Gasteiger partial charge in [0.2, 0.25) is 0 Å². The van der Waals surface area contributed by atoms with Crippen LogP contribution < -0.4 is 4.74 Å². The first-order valence-electron chi connectivity index (χ1n) is 6.67. The maximum absolute atomic E-state index is 11.5. The Labute approximate surface area is 128 Å². The number of hydrogen-bond donors (Lipinski definition) is 1. The number of methoxy groups -OCH3 is 1. The average molecular weight is 312 g/mol. The van der Waals surface area contributed by atoms with Gasteiger partial charge in [-0.05, 0) is 24.6 Å². The van der Waals surface area contributed by atoms with E-state index < -0.39 is 5.97 Å². The van der Waals surface area contributed by atoms with Crippen molar-refractivity contribution in [3.05, 3.63) is 29.8 Å². The summed E-state index contributed by atoms with van der Waals surface area (Å²) in [6, 6.07) is 7.56. The predicted octanol–water partition coefficient (Wildman–Crippen LogP) is 2.72. The molecule has 0 aliphatic rings. The van der Waals surface area contributed by atoms with E-state index in [4.69, 9.17) is 14.6 Å². The summed E-state index contributed by atoms with van der Waals surface area (Å²) in [6.07, 6.45) is 0.0561. The van der Waals surface area contributed by atoms with Crippen molar-refractivity contribution in [1.82, 2.24) is 0 Å². The molecule has 0 amide bonds. The van der Waals surface area contributed by atoms with Crippen LogP contribution in [0.25, 0.3) is 0 Å². The van der Waals surface area contributed by atoms with Gasteiger partial charge in [-0.3, -0.25) is 9.59 Å². The van der Waals surface area contributed by atoms with Gasteiger partial charge in [-0.25, -0.2) is 0 Å². The molecule has 0 aromatic heterocycles. The molecular weight excluding hydrogens is 292 g/mol. The molecule has 1 aromatic rings. The van der Waals surface area contributed by atoms with Gasteiger partial charge < -0.3 is 14.6 Å². The summed E-state index contributed by atoms with van der Waals surface area (Å²) in [5, 5.41) is 8.62. The van der Waals surface area contributed by atoms with Gasteiger partial charge in [0.25, 0.3) is 0 Å². The topological polar surface area (TPSA) is 72.8 Å². The molecule has 0 bridgehead atoms. The zero-order valence-electron chi connectivity index (χ0n) is 12.2. The highest BCUT2D eigenvalue weighted by Crippen LogP contribution is 2.24. The maximum atomic E-state index is 11.5. The number of esters is 1. The van der Waals surface area contributed by atoms with E-state index in [1.54, 1.807) is 14.0 Å². The minimum atomic E-state index is -0.911. The number of aliphatic carboxylic acids is 1. The maximum Gasteiger partial charge on any atom is 0.306 e. The molecule has 0 spiro atoms. The SMILES string of the molecule is CCOC(=O)C[C@H](CC(=O)O)SCc1ccc(OC)cc1. The Balaban J connectivity index is 2.54. The second-order valence-corrected chi connectivity index (χ2v) is 5.68. The third-order valence-electron chi connectivity index (χ3n) is 2.75. The van der Waals surface area contributed by atoms with Crippen LogP contribution in [0.5, 0.6) is 5.75 Å². The minimum Gasteiger partial charge on any atom is -0.497 e. The van der Waals surface area contributed by atoms with Crippen LogP contribution in [-0.2, 0) is 20.1 Å². The fourth-order valence-corrected chi connectivity index (χ4v) is 2.86. The van der Waals surface area contributed by atoms with Crippen molar-refractivity contribution in [1.29, 1.82) is 0 Å². The summed E-state index contributed by atoms with van der Waals surface area (Å²) < 4.78 is 9.96. The van der Waals surface area contributed by atoms with Gasteiger partial charge in [0.05, 0.1) is 26.6 Å². The van der Waals surface area contributed by atoms with Crippen molar-refractivity contribution < 1.29 is 24.2 Å². The van der Waals surface area contributed by atoms with E-state index in [1.165, 1.54) is 11.8 Å². The second kappa shape index (κ2) is 9.28. The van der Waals surface area contributed by atoms with Crippen LogP contribution in [-0.4, -0.2) is 36.0 Å². The third kappa shape index (κ3) is 7.04. The van der Waals surface area contributed by atoms with Crippen molar-refractivity contribution >= 4 is 23.7 Å². The van der Waals surface area contributed by atoms with Gasteiger partial charge in [0.1, 0.15) is 5.75 Å². The fourth-order valence-electron chi connectivity index (χ4n) is 1.73. The van der Waals surface area contributed by atoms with E-state index >= 15 is 0 Å². The number of carboxylic acid groups (broad SMARTS) is 1. The van der Waals surface area contributed by atoms with Gasteiger partial charge in [-0.1, -0.05) is 12.1 Å². The van der Waals surface area contributed by atoms with E-state index in [2.05, 4.69) is 0 Å². The second-order valence-electron chi connectivity index (χ2n) is 4.39. The molecule has 1 aromatic carbocycles. The molecule has 0 fully saturated rings. The van der Waals surface area contributed by atoms with Crippen molar-refractivity contribution in [2.75, 3.05) is 13.7 Å². The standard InChI is InChI=1S/C15H20O5S/c1-3-20-15(18)9-13(8-14(16)17)21-10-11-4-6-12(19-2)7-5-11/h4-7,13H,3,8-10H2,1-2H3,(H,16,17)/t13-/m0/s1. The van der Waals surface area contributed by atoms with Crippen molar-refractivity contribution in [3.63, 3.8) is 0 Å². The summed E-state index contributed by atoms with van der Waals surface area (Å²) >= 11 is 1.45. The summed E-state index contributed by atoms with van der Waals surface area (Å²) in [7, 11) is 1.60. The van der Waals surface area contributed by atoms with Gasteiger partial charge >= 0.3 is 11.9 Å². The van der Waals surface area contributed by atoms with E-state index in [9.17, 15) is 9.59 Å². The Morgan fingerprint density at radius 2 is 1.90 bits per heavy atom. The van der Waals surface area contributed by atoms with Gasteiger partial charge in [-0.2, -0.15) is 11.8 Å². The Morgan fingerprint density at radius 3 is 2.43 bits per heavy atom. The zero-order chi connectivity index (χ0) is 15.7. The number of carbonyl (C=O) groups excluding carboxylic acids is 1. The molecule has 1 N–H and O–H groups in total. The fraction of sp³-hybridized carbons (Fsp3) is 0.467. The van der Waals surface area contributed by atoms with Crippen LogP contribution in [0.3, 0.4) is 0 Å². The number of carboxylic acids is 1. The van der Waals surface area contributed by atoms with E-state index in [0.717, 1.165) is 11.3 Å². The predicted molar refractivity (Wildman–Crippen MR) is 81.6 cm³/mol. The van der Waals surface area contributed by atoms with Crippen LogP contribution in [0, 0.1) is 0 Å². The van der Waals surface area contributed by atoms with Crippen LogP contribution in [0.2, 0.25) is 0 Å². The van der Waals surface area contributed by atoms with Gasteiger partial charge in [0, 0.05) is 11.0 Å². The highest BCUT2D eigenvalue weighted by Gasteiger charge is 2.18. The first kappa shape index (κ1) is 17.4. The molecule has 0 aliphatic carbocycles. The van der Waals surface area contributed by atoms with E-state index in [1.807, 2.05) is 24.3 Å². The van der Waals surface area contributed by atoms with E-state index in [-0.39, 0.29) is 24.1 Å². The summed E-state index contributed by atoms with van der Waals surface area (Å²) in [5.41, 5.74) is 1.06. The molecule has 1 atom stereocenters. The van der Waals surface area contributed by atoms with Crippen LogP contribution in [0.15, 0.2) is 24.3 Å². The normalized spacial score (nSPS) is 11.7. The largest absolute Gasteiger partial charge is 0.497 e. The Bertz CT molecular complexity index is 458. The Hall–Kier alpha value is -1.69. The monoisotopic (exact) mass is 312 g/mol. The number of rotatable bonds is 9. The summed E-state index contributed by atoms with van der Waals surface area (Å²) in [6.45, 7) is 2.04. The molecule has 5 nitrogen and oxygen atoms in total. The van der Waals surface area contributed by atoms with Crippen LogP contribution in [0.1, 0.15) is 25.3 Å². The lowest BCUT2D eigenvalue weighted by Gasteiger charge is -2.14. The average Bonchev–Trinajstić information content (AvgIpc) is 2.45. The minimum absolute atomic E-state index is 0.0559.